The SMILES string of the molecule is NC(=O)CCc1nnc(SCC(=O)Nc2cccc(C(=O)NC3CC3)c2)n1Cc1ccco1. The van der Waals surface area contributed by atoms with Crippen LogP contribution in [0, 0.1) is 0 Å². The van der Waals surface area contributed by atoms with E-state index in [4.69, 9.17) is 10.2 Å². The summed E-state index contributed by atoms with van der Waals surface area (Å²) in [5.41, 5.74) is 6.31. The molecule has 0 atom stereocenters. The van der Waals surface area contributed by atoms with Crippen molar-refractivity contribution in [1.82, 2.24) is 20.1 Å². The number of amides is 3. The van der Waals surface area contributed by atoms with Crippen LogP contribution in [0.4, 0.5) is 5.69 Å². The van der Waals surface area contributed by atoms with Gasteiger partial charge in [0.25, 0.3) is 5.91 Å². The monoisotopic (exact) mass is 468 g/mol. The number of rotatable bonds is 11. The topological polar surface area (TPSA) is 145 Å². The van der Waals surface area contributed by atoms with Crippen LogP contribution in [0.15, 0.2) is 52.2 Å². The summed E-state index contributed by atoms with van der Waals surface area (Å²) in [6.45, 7) is 0.371. The molecule has 1 saturated carbocycles. The lowest BCUT2D eigenvalue weighted by molar-refractivity contribution is -0.118. The Morgan fingerprint density at radius 1 is 1.18 bits per heavy atom. The molecule has 4 rings (SSSR count). The van der Waals surface area contributed by atoms with Crippen LogP contribution in [0.1, 0.15) is 41.2 Å². The van der Waals surface area contributed by atoms with E-state index in [0.29, 0.717) is 41.0 Å². The highest BCUT2D eigenvalue weighted by molar-refractivity contribution is 7.99. The standard InChI is InChI=1S/C22H24N6O4S/c23-18(29)8-9-19-26-27-22(28(19)12-17-5-2-10-32-17)33-13-20(30)24-16-4-1-3-14(11-16)21(31)25-15-6-7-15/h1-5,10-11,15H,6-9,12-13H2,(H2,23,29)(H,24,30)(H,25,31). The lowest BCUT2D eigenvalue weighted by Gasteiger charge is -2.09. The number of nitrogens with zero attached hydrogens (tertiary/aromatic N) is 3. The number of aromatic nitrogens is 3. The van der Waals surface area contributed by atoms with Crippen LogP contribution >= 0.6 is 11.8 Å². The number of hydrogen-bond donors (Lipinski definition) is 3. The van der Waals surface area contributed by atoms with Crippen LogP contribution in [0.25, 0.3) is 0 Å². The van der Waals surface area contributed by atoms with Crippen LogP contribution in [0.5, 0.6) is 0 Å². The van der Waals surface area contributed by atoms with Gasteiger partial charge in [-0.1, -0.05) is 17.8 Å². The summed E-state index contributed by atoms with van der Waals surface area (Å²) in [4.78, 5) is 35.9. The second kappa shape index (κ2) is 10.3. The maximum absolute atomic E-state index is 12.5. The fourth-order valence-corrected chi connectivity index (χ4v) is 3.88. The fraction of sp³-hybridized carbons (Fsp3) is 0.318. The van der Waals surface area contributed by atoms with Crippen molar-refractivity contribution in [3.63, 3.8) is 0 Å². The van der Waals surface area contributed by atoms with Gasteiger partial charge in [0.15, 0.2) is 5.16 Å². The molecule has 0 aliphatic heterocycles. The highest BCUT2D eigenvalue weighted by Gasteiger charge is 2.24. The van der Waals surface area contributed by atoms with Crippen molar-refractivity contribution in [2.45, 2.75) is 43.4 Å². The summed E-state index contributed by atoms with van der Waals surface area (Å²) in [7, 11) is 0. The molecule has 3 amide bonds. The van der Waals surface area contributed by atoms with Crippen molar-refractivity contribution in [3.8, 4) is 0 Å². The zero-order valence-corrected chi connectivity index (χ0v) is 18.6. The fourth-order valence-electron chi connectivity index (χ4n) is 3.12. The van der Waals surface area contributed by atoms with E-state index in [9.17, 15) is 14.4 Å². The van der Waals surface area contributed by atoms with Crippen LogP contribution in [-0.4, -0.2) is 44.3 Å². The Bertz CT molecular complexity index is 1140. The molecule has 11 heteroatoms. The zero-order chi connectivity index (χ0) is 23.2. The minimum absolute atomic E-state index is 0.0879. The predicted octanol–water partition coefficient (Wildman–Crippen LogP) is 1.96. The summed E-state index contributed by atoms with van der Waals surface area (Å²) in [5.74, 6) is 0.558. The number of benzene rings is 1. The van der Waals surface area contributed by atoms with Gasteiger partial charge in [0.2, 0.25) is 11.8 Å². The number of furan rings is 1. The van der Waals surface area contributed by atoms with E-state index in [0.717, 1.165) is 12.8 Å². The second-order valence-electron chi connectivity index (χ2n) is 7.70. The van der Waals surface area contributed by atoms with Crippen LogP contribution in [0.2, 0.25) is 0 Å². The maximum Gasteiger partial charge on any atom is 0.251 e. The van der Waals surface area contributed by atoms with Crippen LogP contribution in [0.3, 0.4) is 0 Å². The van der Waals surface area contributed by atoms with E-state index < -0.39 is 5.91 Å². The Kier molecular flexibility index (Phi) is 7.08. The molecule has 0 bridgehead atoms. The van der Waals surface area contributed by atoms with E-state index >= 15 is 0 Å². The lowest BCUT2D eigenvalue weighted by atomic mass is 10.2. The van der Waals surface area contributed by atoms with E-state index in [2.05, 4.69) is 20.8 Å². The predicted molar refractivity (Wildman–Crippen MR) is 122 cm³/mol. The zero-order valence-electron chi connectivity index (χ0n) is 17.8. The first-order chi connectivity index (χ1) is 16.0. The maximum atomic E-state index is 12.5. The molecule has 0 saturated heterocycles. The quantitative estimate of drug-likeness (QED) is 0.365. The molecule has 33 heavy (non-hydrogen) atoms. The van der Waals surface area contributed by atoms with Crippen molar-refractivity contribution in [2.75, 3.05) is 11.1 Å². The molecule has 0 radical (unpaired) electrons. The highest BCUT2D eigenvalue weighted by atomic mass is 32.2. The van der Waals surface area contributed by atoms with E-state index in [1.165, 1.54) is 11.8 Å². The van der Waals surface area contributed by atoms with E-state index in [1.54, 1.807) is 36.6 Å². The van der Waals surface area contributed by atoms with Gasteiger partial charge in [-0.15, -0.1) is 10.2 Å². The number of nitrogens with two attached hydrogens (primary N) is 1. The van der Waals surface area contributed by atoms with Crippen LogP contribution in [-0.2, 0) is 22.6 Å². The van der Waals surface area contributed by atoms with Gasteiger partial charge in [0.1, 0.15) is 11.6 Å². The van der Waals surface area contributed by atoms with Crippen molar-refractivity contribution in [1.29, 1.82) is 0 Å². The van der Waals surface area contributed by atoms with E-state index in [-0.39, 0.29) is 30.0 Å². The number of primary amides is 1. The molecule has 10 nitrogen and oxygen atoms in total. The van der Waals surface area contributed by atoms with Crippen molar-refractivity contribution in [2.24, 2.45) is 5.73 Å². The third-order valence-corrected chi connectivity index (χ3v) is 5.90. The number of nitrogens with one attached hydrogen (secondary N) is 2. The second-order valence-corrected chi connectivity index (χ2v) is 8.64. The Labute approximate surface area is 194 Å². The lowest BCUT2D eigenvalue weighted by Crippen LogP contribution is -2.25. The minimum Gasteiger partial charge on any atom is -0.467 e. The molecule has 1 aliphatic carbocycles. The minimum atomic E-state index is -0.427. The molecule has 2 heterocycles. The van der Waals surface area contributed by atoms with Crippen molar-refractivity contribution >= 4 is 35.2 Å². The molecule has 0 unspecified atom stereocenters. The first-order valence-corrected chi connectivity index (χ1v) is 11.5. The Balaban J connectivity index is 1.38. The molecular formula is C22H24N6O4S. The summed E-state index contributed by atoms with van der Waals surface area (Å²) in [6, 6.07) is 10.7. The van der Waals surface area contributed by atoms with Gasteiger partial charge < -0.3 is 20.8 Å². The summed E-state index contributed by atoms with van der Waals surface area (Å²) < 4.78 is 7.22. The van der Waals surface area contributed by atoms with Gasteiger partial charge in [-0.3, -0.25) is 19.0 Å². The largest absolute Gasteiger partial charge is 0.467 e. The number of carbonyl (C=O) groups excluding carboxylic acids is 3. The van der Waals surface area contributed by atoms with Crippen molar-refractivity contribution in [3.05, 3.63) is 59.8 Å². The molecule has 1 fully saturated rings. The summed E-state index contributed by atoms with van der Waals surface area (Å²) in [6.07, 6.45) is 4.07. The van der Waals surface area contributed by atoms with Crippen molar-refractivity contribution < 1.29 is 18.8 Å². The molecule has 0 spiro atoms. The van der Waals surface area contributed by atoms with E-state index in [1.807, 2.05) is 10.6 Å². The molecule has 1 aliphatic rings. The Morgan fingerprint density at radius 2 is 2.03 bits per heavy atom. The van der Waals surface area contributed by atoms with Crippen LogP contribution < -0.4 is 16.4 Å². The average molecular weight is 469 g/mol. The number of hydrogen-bond acceptors (Lipinski definition) is 7. The number of thioether (sulfide) groups is 1. The third kappa shape index (κ3) is 6.45. The Hall–Kier alpha value is -3.60. The average Bonchev–Trinajstić information content (AvgIpc) is 3.30. The number of aryl methyl sites for hydroxylation is 1. The molecule has 1 aromatic carbocycles. The normalized spacial score (nSPS) is 13.0. The molecule has 172 valence electrons. The summed E-state index contributed by atoms with van der Waals surface area (Å²) in [5, 5.41) is 14.6. The molecule has 2 aromatic heterocycles. The van der Waals surface area contributed by atoms with Gasteiger partial charge >= 0.3 is 0 Å². The third-order valence-electron chi connectivity index (χ3n) is 4.94. The molecule has 3 aromatic rings. The van der Waals surface area contributed by atoms with Gasteiger partial charge in [-0.05, 0) is 43.2 Å². The first kappa shape index (κ1) is 22.6. The molecule has 4 N–H and O–H groups in total. The molecular weight excluding hydrogens is 444 g/mol. The number of anilines is 1. The number of carbonyl (C=O) groups is 3. The highest BCUT2D eigenvalue weighted by Crippen LogP contribution is 2.22. The Morgan fingerprint density at radius 3 is 2.76 bits per heavy atom. The van der Waals surface area contributed by atoms with Gasteiger partial charge in [-0.2, -0.15) is 0 Å². The van der Waals surface area contributed by atoms with Gasteiger partial charge in [-0.25, -0.2) is 0 Å². The van der Waals surface area contributed by atoms with Gasteiger partial charge in [0, 0.05) is 30.1 Å². The smallest absolute Gasteiger partial charge is 0.251 e. The first-order valence-electron chi connectivity index (χ1n) is 10.5. The van der Waals surface area contributed by atoms with Gasteiger partial charge in [0.05, 0.1) is 18.6 Å². The summed E-state index contributed by atoms with van der Waals surface area (Å²) >= 11 is 1.22.